The number of alkyl halides is 3. The molecule has 0 aliphatic carbocycles. The van der Waals surface area contributed by atoms with Crippen molar-refractivity contribution < 1.29 is 22.8 Å². The Labute approximate surface area is 202 Å². The summed E-state index contributed by atoms with van der Waals surface area (Å²) in [6, 6.07) is 9.56. The van der Waals surface area contributed by atoms with E-state index in [0.717, 1.165) is 19.2 Å². The molecule has 0 saturated carbocycles. The van der Waals surface area contributed by atoms with E-state index >= 15 is 0 Å². The van der Waals surface area contributed by atoms with Crippen molar-refractivity contribution in [1.82, 2.24) is 19.7 Å². The number of benzene rings is 1. The van der Waals surface area contributed by atoms with Gasteiger partial charge in [-0.2, -0.15) is 13.2 Å². The Morgan fingerprint density at radius 1 is 0.912 bits per heavy atom. The van der Waals surface area contributed by atoms with Crippen molar-refractivity contribution in [2.24, 2.45) is 0 Å². The fourth-order valence-electron chi connectivity index (χ4n) is 4.23. The number of piperazine rings is 1. The number of aromatic nitrogens is 1. The van der Waals surface area contributed by atoms with Crippen LogP contribution in [0.5, 0.6) is 0 Å². The minimum Gasteiger partial charge on any atom is -0.336 e. The van der Waals surface area contributed by atoms with Gasteiger partial charge >= 0.3 is 6.18 Å². The quantitative estimate of drug-likeness (QED) is 0.533. The fourth-order valence-corrected chi connectivity index (χ4v) is 5.63. The molecule has 178 valence electrons. The van der Waals surface area contributed by atoms with Crippen LogP contribution >= 0.6 is 22.7 Å². The third kappa shape index (κ3) is 4.59. The largest absolute Gasteiger partial charge is 0.425 e. The zero-order chi connectivity index (χ0) is 23.9. The van der Waals surface area contributed by atoms with Crippen LogP contribution in [0.15, 0.2) is 47.3 Å². The molecule has 0 N–H and O–H groups in total. The molecule has 0 atom stereocenters. The van der Waals surface area contributed by atoms with E-state index in [1.807, 2.05) is 0 Å². The van der Waals surface area contributed by atoms with Crippen molar-refractivity contribution in [1.29, 1.82) is 0 Å². The molecule has 2 fully saturated rings. The highest BCUT2D eigenvalue weighted by Gasteiger charge is 2.37. The Bertz CT molecular complexity index is 1160. The molecule has 2 aliphatic heterocycles. The highest BCUT2D eigenvalue weighted by Crippen LogP contribution is 2.38. The van der Waals surface area contributed by atoms with Crippen molar-refractivity contribution >= 4 is 34.5 Å². The first-order chi connectivity index (χ1) is 16.3. The number of thiophene rings is 1. The predicted molar refractivity (Wildman–Crippen MR) is 124 cm³/mol. The van der Waals surface area contributed by atoms with Crippen molar-refractivity contribution in [3.05, 3.63) is 63.4 Å². The van der Waals surface area contributed by atoms with E-state index in [2.05, 4.69) is 9.88 Å². The van der Waals surface area contributed by atoms with E-state index in [4.69, 9.17) is 0 Å². The van der Waals surface area contributed by atoms with Gasteiger partial charge in [-0.3, -0.25) is 14.5 Å². The second-order valence-electron chi connectivity index (χ2n) is 8.30. The van der Waals surface area contributed by atoms with Crippen LogP contribution in [-0.4, -0.2) is 76.8 Å². The Balaban J connectivity index is 1.13. The minimum atomic E-state index is -4.35. The number of hydrogen-bond donors (Lipinski definition) is 0. The molecule has 0 spiro atoms. The Morgan fingerprint density at radius 2 is 1.62 bits per heavy atom. The Hall–Kier alpha value is -2.76. The number of hydrogen-bond acceptors (Lipinski definition) is 6. The lowest BCUT2D eigenvalue weighted by atomic mass is 10.0. The van der Waals surface area contributed by atoms with Gasteiger partial charge in [0.15, 0.2) is 0 Å². The number of amides is 2. The van der Waals surface area contributed by atoms with E-state index in [1.165, 1.54) is 17.4 Å². The number of nitrogens with zero attached hydrogens (tertiary/aromatic N) is 4. The van der Waals surface area contributed by atoms with E-state index in [9.17, 15) is 22.8 Å². The predicted octanol–water partition coefficient (Wildman–Crippen LogP) is 4.17. The number of carbonyl (C=O) groups excluding carboxylic acids is 2. The van der Waals surface area contributed by atoms with Crippen LogP contribution in [-0.2, 0) is 6.18 Å². The second kappa shape index (κ2) is 9.12. The molecule has 3 aromatic rings. The highest BCUT2D eigenvalue weighted by molar-refractivity contribution is 7.15. The van der Waals surface area contributed by atoms with Gasteiger partial charge in [-0.05, 0) is 29.8 Å². The van der Waals surface area contributed by atoms with E-state index in [0.29, 0.717) is 65.3 Å². The third-order valence-corrected chi connectivity index (χ3v) is 7.99. The average Bonchev–Trinajstić information content (AvgIpc) is 3.50. The van der Waals surface area contributed by atoms with Crippen LogP contribution in [0.4, 0.5) is 13.2 Å². The summed E-state index contributed by atoms with van der Waals surface area (Å²) in [5.41, 5.74) is 3.32. The normalized spacial score (nSPS) is 17.6. The maximum absolute atomic E-state index is 12.9. The second-order valence-corrected chi connectivity index (χ2v) is 10.1. The van der Waals surface area contributed by atoms with Gasteiger partial charge in [0.05, 0.1) is 5.51 Å². The maximum Gasteiger partial charge on any atom is 0.425 e. The van der Waals surface area contributed by atoms with Gasteiger partial charge in [-0.15, -0.1) is 22.7 Å². The summed E-state index contributed by atoms with van der Waals surface area (Å²) < 4.78 is 38.5. The van der Waals surface area contributed by atoms with E-state index in [1.54, 1.807) is 45.0 Å². The number of thiazole rings is 1. The lowest BCUT2D eigenvalue weighted by Gasteiger charge is -2.47. The summed E-state index contributed by atoms with van der Waals surface area (Å²) in [5.74, 6) is -0.116. The minimum absolute atomic E-state index is 0.0352. The molecule has 6 nitrogen and oxygen atoms in total. The summed E-state index contributed by atoms with van der Waals surface area (Å²) in [4.78, 5) is 35.1. The Morgan fingerprint density at radius 3 is 2.21 bits per heavy atom. The van der Waals surface area contributed by atoms with E-state index < -0.39 is 11.1 Å². The third-order valence-electron chi connectivity index (χ3n) is 6.22. The van der Waals surface area contributed by atoms with Crippen LogP contribution in [0.1, 0.15) is 25.7 Å². The van der Waals surface area contributed by atoms with Gasteiger partial charge in [0, 0.05) is 61.1 Å². The maximum atomic E-state index is 12.9. The molecular formula is C23H21F3N4O2S2. The number of likely N-dealkylation sites (tertiary alicyclic amines) is 1. The van der Waals surface area contributed by atoms with Crippen LogP contribution in [0.3, 0.4) is 0 Å². The molecular weight excluding hydrogens is 485 g/mol. The number of carbonyl (C=O) groups is 2. The molecule has 0 radical (unpaired) electrons. The van der Waals surface area contributed by atoms with Crippen molar-refractivity contribution in [3.63, 3.8) is 0 Å². The first kappa shape index (κ1) is 23.0. The Kier molecular flexibility index (Phi) is 6.17. The van der Waals surface area contributed by atoms with Crippen LogP contribution in [0, 0.1) is 0 Å². The lowest BCUT2D eigenvalue weighted by Crippen LogP contribution is -2.64. The first-order valence-corrected chi connectivity index (χ1v) is 12.5. The number of halogens is 3. The van der Waals surface area contributed by atoms with Crippen LogP contribution in [0.2, 0.25) is 0 Å². The highest BCUT2D eigenvalue weighted by atomic mass is 32.1. The molecule has 34 heavy (non-hydrogen) atoms. The molecule has 0 unspecified atom stereocenters. The topological polar surface area (TPSA) is 56.8 Å². The fraction of sp³-hybridized carbons (Fsp3) is 0.348. The molecule has 11 heteroatoms. The van der Waals surface area contributed by atoms with Gasteiger partial charge in [-0.1, -0.05) is 12.1 Å². The zero-order valence-corrected chi connectivity index (χ0v) is 19.6. The number of rotatable bonds is 4. The van der Waals surface area contributed by atoms with Gasteiger partial charge in [0.1, 0.15) is 10.6 Å². The SMILES string of the molecule is O=C(c1ccc(-c2ccc(C(F)(F)F)s2)cc1)N1CCN(C2CN(C(=O)c3cscn3)C2)CC1. The van der Waals surface area contributed by atoms with Gasteiger partial charge in [-0.25, -0.2) is 4.98 Å². The summed E-state index contributed by atoms with van der Waals surface area (Å²) in [6.07, 6.45) is -4.35. The van der Waals surface area contributed by atoms with Crippen molar-refractivity contribution in [2.45, 2.75) is 12.2 Å². The zero-order valence-electron chi connectivity index (χ0n) is 18.0. The van der Waals surface area contributed by atoms with Crippen molar-refractivity contribution in [2.75, 3.05) is 39.3 Å². The molecule has 0 bridgehead atoms. The van der Waals surface area contributed by atoms with Gasteiger partial charge < -0.3 is 9.80 Å². The van der Waals surface area contributed by atoms with Crippen LogP contribution < -0.4 is 0 Å². The summed E-state index contributed by atoms with van der Waals surface area (Å²) in [7, 11) is 0. The first-order valence-electron chi connectivity index (χ1n) is 10.8. The molecule has 2 aromatic heterocycles. The van der Waals surface area contributed by atoms with Crippen LogP contribution in [0.25, 0.3) is 10.4 Å². The smallest absolute Gasteiger partial charge is 0.336 e. The molecule has 2 aliphatic rings. The molecule has 1 aromatic carbocycles. The van der Waals surface area contributed by atoms with E-state index in [-0.39, 0.29) is 11.8 Å². The molecule has 2 saturated heterocycles. The van der Waals surface area contributed by atoms with Crippen molar-refractivity contribution in [3.8, 4) is 10.4 Å². The standard InChI is InChI=1S/C23H21F3N4O2S2/c24-23(25,26)20-6-5-19(34-20)15-1-3-16(4-2-15)21(31)29-9-7-28(8-10-29)17-11-30(12-17)22(32)18-13-33-14-27-18/h1-6,13-14,17H,7-12H2. The summed E-state index contributed by atoms with van der Waals surface area (Å²) in [5, 5.41) is 1.76. The van der Waals surface area contributed by atoms with Gasteiger partial charge in [0.25, 0.3) is 11.8 Å². The summed E-state index contributed by atoms with van der Waals surface area (Å²) >= 11 is 2.10. The lowest BCUT2D eigenvalue weighted by molar-refractivity contribution is -0.134. The van der Waals surface area contributed by atoms with Gasteiger partial charge in [0.2, 0.25) is 0 Å². The summed E-state index contributed by atoms with van der Waals surface area (Å²) in [6.45, 7) is 4.01. The molecule has 4 heterocycles. The monoisotopic (exact) mass is 506 g/mol. The average molecular weight is 507 g/mol. The molecule has 5 rings (SSSR count). The molecule has 2 amide bonds.